The molecule has 0 saturated heterocycles. The Labute approximate surface area is 111 Å². The molecule has 2 rings (SSSR count). The number of aryl methyl sites for hydroxylation is 1. The Morgan fingerprint density at radius 2 is 2.22 bits per heavy atom. The smallest absolute Gasteiger partial charge is 0.202 e. The minimum absolute atomic E-state index is 0.0193. The molecule has 1 N–H and O–H groups in total. The van der Waals surface area contributed by atoms with Crippen molar-refractivity contribution in [2.75, 3.05) is 11.9 Å². The largest absolute Gasteiger partial charge is 0.360 e. The molecule has 6 heteroatoms. The summed E-state index contributed by atoms with van der Waals surface area (Å²) >= 11 is 1.43. The van der Waals surface area contributed by atoms with Crippen molar-refractivity contribution in [2.24, 2.45) is 0 Å². The number of nitrogens with one attached hydrogen (secondary N) is 1. The SMILES string of the molecule is CC(C)(C)c1nsc(NCCCn2cccn2)n1. The molecule has 0 unspecified atom stereocenters. The maximum Gasteiger partial charge on any atom is 0.202 e. The Bertz CT molecular complexity index is 469. The molecule has 2 aromatic rings. The second-order valence-electron chi connectivity index (χ2n) is 5.22. The molecule has 0 amide bonds. The lowest BCUT2D eigenvalue weighted by molar-refractivity contribution is 0.555. The molecule has 2 aromatic heterocycles. The molecular weight excluding hydrogens is 246 g/mol. The van der Waals surface area contributed by atoms with E-state index in [-0.39, 0.29) is 5.41 Å². The Morgan fingerprint density at radius 1 is 1.39 bits per heavy atom. The fraction of sp³-hybridized carbons (Fsp3) is 0.583. The van der Waals surface area contributed by atoms with Gasteiger partial charge in [0.05, 0.1) is 0 Å². The first-order valence-electron chi connectivity index (χ1n) is 6.11. The first-order chi connectivity index (χ1) is 8.55. The summed E-state index contributed by atoms with van der Waals surface area (Å²) in [4.78, 5) is 4.49. The maximum atomic E-state index is 4.49. The van der Waals surface area contributed by atoms with Gasteiger partial charge in [-0.25, -0.2) is 4.98 Å². The van der Waals surface area contributed by atoms with Crippen LogP contribution in [0.4, 0.5) is 5.13 Å². The Balaban J connectivity index is 1.75. The molecule has 0 fully saturated rings. The van der Waals surface area contributed by atoms with Crippen molar-refractivity contribution >= 4 is 16.7 Å². The molecule has 0 atom stereocenters. The number of hydrogen-bond donors (Lipinski definition) is 1. The zero-order valence-corrected chi connectivity index (χ0v) is 11.9. The lowest BCUT2D eigenvalue weighted by atomic mass is 9.96. The average Bonchev–Trinajstić information content (AvgIpc) is 2.95. The fourth-order valence-electron chi connectivity index (χ4n) is 1.47. The summed E-state index contributed by atoms with van der Waals surface area (Å²) < 4.78 is 6.30. The van der Waals surface area contributed by atoms with E-state index >= 15 is 0 Å². The van der Waals surface area contributed by atoms with Crippen LogP contribution in [0.15, 0.2) is 18.5 Å². The third kappa shape index (κ3) is 3.53. The topological polar surface area (TPSA) is 55.6 Å². The van der Waals surface area contributed by atoms with Gasteiger partial charge in [-0.3, -0.25) is 4.68 Å². The van der Waals surface area contributed by atoms with Gasteiger partial charge in [-0.2, -0.15) is 9.47 Å². The molecule has 0 aliphatic heterocycles. The van der Waals surface area contributed by atoms with Gasteiger partial charge in [0.2, 0.25) is 5.13 Å². The van der Waals surface area contributed by atoms with Crippen LogP contribution in [0.3, 0.4) is 0 Å². The molecule has 5 nitrogen and oxygen atoms in total. The van der Waals surface area contributed by atoms with Crippen LogP contribution in [0.2, 0.25) is 0 Å². The van der Waals surface area contributed by atoms with Gasteiger partial charge >= 0.3 is 0 Å². The second kappa shape index (κ2) is 5.48. The summed E-state index contributed by atoms with van der Waals surface area (Å²) in [6, 6.07) is 1.94. The third-order valence-electron chi connectivity index (χ3n) is 2.50. The van der Waals surface area contributed by atoms with Crippen molar-refractivity contribution in [3.8, 4) is 0 Å². The van der Waals surface area contributed by atoms with Crippen molar-refractivity contribution in [1.82, 2.24) is 19.1 Å². The molecule has 98 valence electrons. The van der Waals surface area contributed by atoms with Crippen molar-refractivity contribution in [1.29, 1.82) is 0 Å². The van der Waals surface area contributed by atoms with Crippen molar-refractivity contribution < 1.29 is 0 Å². The standard InChI is InChI=1S/C12H19N5S/c1-12(2,3)10-15-11(18-16-10)13-6-4-8-17-9-5-7-14-17/h5,7,9H,4,6,8H2,1-3H3,(H,13,15,16). The highest BCUT2D eigenvalue weighted by atomic mass is 32.1. The second-order valence-corrected chi connectivity index (χ2v) is 5.97. The Morgan fingerprint density at radius 3 is 2.83 bits per heavy atom. The van der Waals surface area contributed by atoms with Crippen LogP contribution in [0, 0.1) is 0 Å². The van der Waals surface area contributed by atoms with Crippen molar-refractivity contribution in [3.63, 3.8) is 0 Å². The van der Waals surface area contributed by atoms with Crippen LogP contribution in [0.1, 0.15) is 33.0 Å². The van der Waals surface area contributed by atoms with Crippen molar-refractivity contribution in [3.05, 3.63) is 24.3 Å². The molecule has 0 aromatic carbocycles. The molecule has 0 bridgehead atoms. The Hall–Kier alpha value is -1.43. The zero-order chi connectivity index (χ0) is 13.0. The predicted molar refractivity (Wildman–Crippen MR) is 73.9 cm³/mol. The maximum absolute atomic E-state index is 4.49. The molecule has 2 heterocycles. The van der Waals surface area contributed by atoms with Crippen LogP contribution < -0.4 is 5.32 Å². The monoisotopic (exact) mass is 265 g/mol. The highest BCUT2D eigenvalue weighted by Gasteiger charge is 2.19. The quantitative estimate of drug-likeness (QED) is 0.844. The van der Waals surface area contributed by atoms with Gasteiger partial charge in [-0.05, 0) is 12.5 Å². The summed E-state index contributed by atoms with van der Waals surface area (Å²) in [7, 11) is 0. The first kappa shape index (κ1) is 13.0. The number of nitrogens with zero attached hydrogens (tertiary/aromatic N) is 4. The van der Waals surface area contributed by atoms with Gasteiger partial charge in [0.15, 0.2) is 0 Å². The van der Waals surface area contributed by atoms with Gasteiger partial charge < -0.3 is 5.32 Å². The lowest BCUT2D eigenvalue weighted by Crippen LogP contribution is -2.13. The van der Waals surface area contributed by atoms with Crippen LogP contribution in [-0.2, 0) is 12.0 Å². The summed E-state index contributed by atoms with van der Waals surface area (Å²) in [5, 5.41) is 8.37. The van der Waals surface area contributed by atoms with E-state index in [0.717, 1.165) is 30.5 Å². The number of aromatic nitrogens is 4. The van der Waals surface area contributed by atoms with E-state index in [1.165, 1.54) is 11.5 Å². The van der Waals surface area contributed by atoms with Crippen LogP contribution in [-0.4, -0.2) is 25.7 Å². The fourth-order valence-corrected chi connectivity index (χ4v) is 2.25. The summed E-state index contributed by atoms with van der Waals surface area (Å²) in [5.74, 6) is 0.905. The Kier molecular flexibility index (Phi) is 3.96. The van der Waals surface area contributed by atoms with E-state index in [9.17, 15) is 0 Å². The number of hydrogen-bond acceptors (Lipinski definition) is 5. The van der Waals surface area contributed by atoms with Crippen LogP contribution in [0.5, 0.6) is 0 Å². The van der Waals surface area contributed by atoms with Crippen molar-refractivity contribution in [2.45, 2.75) is 39.2 Å². The highest BCUT2D eigenvalue weighted by Crippen LogP contribution is 2.22. The van der Waals surface area contributed by atoms with E-state index < -0.39 is 0 Å². The molecule has 0 saturated carbocycles. The van der Waals surface area contributed by atoms with Gasteiger partial charge in [-0.15, -0.1) is 0 Å². The van der Waals surface area contributed by atoms with E-state index in [4.69, 9.17) is 0 Å². The van der Waals surface area contributed by atoms with E-state index in [2.05, 4.69) is 40.5 Å². The number of anilines is 1. The summed E-state index contributed by atoms with van der Waals surface area (Å²) in [5.41, 5.74) is 0.0193. The molecule has 0 radical (unpaired) electrons. The molecular formula is C12H19N5S. The number of rotatable bonds is 5. The van der Waals surface area contributed by atoms with Crippen LogP contribution in [0.25, 0.3) is 0 Å². The van der Waals surface area contributed by atoms with Gasteiger partial charge in [-0.1, -0.05) is 20.8 Å². The average molecular weight is 265 g/mol. The summed E-state index contributed by atoms with van der Waals surface area (Å²) in [6.07, 6.45) is 4.79. The van der Waals surface area contributed by atoms with Crippen LogP contribution >= 0.6 is 11.5 Å². The highest BCUT2D eigenvalue weighted by molar-refractivity contribution is 7.09. The van der Waals surface area contributed by atoms with E-state index in [0.29, 0.717) is 0 Å². The first-order valence-corrected chi connectivity index (χ1v) is 6.88. The molecule has 18 heavy (non-hydrogen) atoms. The zero-order valence-electron chi connectivity index (χ0n) is 11.1. The predicted octanol–water partition coefficient (Wildman–Crippen LogP) is 2.53. The van der Waals surface area contributed by atoms with Gasteiger partial charge in [0.25, 0.3) is 0 Å². The molecule has 0 aliphatic rings. The minimum Gasteiger partial charge on any atom is -0.360 e. The third-order valence-corrected chi connectivity index (χ3v) is 3.17. The van der Waals surface area contributed by atoms with E-state index in [1.54, 1.807) is 6.20 Å². The summed E-state index contributed by atoms with van der Waals surface area (Å²) in [6.45, 7) is 8.17. The van der Waals surface area contributed by atoms with E-state index in [1.807, 2.05) is 16.9 Å². The minimum atomic E-state index is 0.0193. The lowest BCUT2D eigenvalue weighted by Gasteiger charge is -2.12. The molecule has 0 aliphatic carbocycles. The van der Waals surface area contributed by atoms with Gasteiger partial charge in [0, 0.05) is 42.4 Å². The normalized spacial score (nSPS) is 11.7. The van der Waals surface area contributed by atoms with Gasteiger partial charge in [0.1, 0.15) is 5.82 Å². The molecule has 0 spiro atoms.